The van der Waals surface area contributed by atoms with Crippen molar-refractivity contribution in [3.8, 4) is 22.4 Å². The summed E-state index contributed by atoms with van der Waals surface area (Å²) in [5.74, 6) is 0.843. The molecular weight excluding hydrogens is 416 g/mol. The number of amides is 1. The molecule has 2 aromatic heterocycles. The van der Waals surface area contributed by atoms with Crippen LogP contribution in [0.15, 0.2) is 78.1 Å². The lowest BCUT2D eigenvalue weighted by Gasteiger charge is -2.08. The standard InChI is InChI=1S/C23H17ClN4OS/c24-18-4-6-19(7-5-18)26-22(29)17-3-1-2-16(14-17)21-20(15-8-10-25-11-9-15)23-28(27-21)12-13-30-23/h1-11,14H,12-13H2,(H,26,29). The highest BCUT2D eigenvalue weighted by atomic mass is 35.5. The first-order valence-electron chi connectivity index (χ1n) is 9.50. The number of nitrogens with zero attached hydrogens (tertiary/aromatic N) is 3. The van der Waals surface area contributed by atoms with Gasteiger partial charge in [-0.25, -0.2) is 0 Å². The maximum absolute atomic E-state index is 12.8. The van der Waals surface area contributed by atoms with Crippen molar-refractivity contribution in [2.24, 2.45) is 0 Å². The van der Waals surface area contributed by atoms with Crippen LogP contribution in [0.1, 0.15) is 10.4 Å². The maximum Gasteiger partial charge on any atom is 0.255 e. The first-order valence-corrected chi connectivity index (χ1v) is 10.9. The number of hydrogen-bond donors (Lipinski definition) is 1. The van der Waals surface area contributed by atoms with Crippen LogP contribution in [0.2, 0.25) is 5.02 Å². The van der Waals surface area contributed by atoms with Gasteiger partial charge in [0.25, 0.3) is 5.91 Å². The first-order chi connectivity index (χ1) is 14.7. The number of pyridine rings is 1. The Morgan fingerprint density at radius 3 is 2.63 bits per heavy atom. The number of rotatable bonds is 4. The highest BCUT2D eigenvalue weighted by molar-refractivity contribution is 7.99. The van der Waals surface area contributed by atoms with Gasteiger partial charge in [0, 0.05) is 45.5 Å². The van der Waals surface area contributed by atoms with E-state index in [9.17, 15) is 4.79 Å². The molecule has 2 aromatic carbocycles. The number of carbonyl (C=O) groups is 1. The molecule has 0 fully saturated rings. The lowest BCUT2D eigenvalue weighted by molar-refractivity contribution is 0.102. The second-order valence-corrected chi connectivity index (χ2v) is 8.40. The summed E-state index contributed by atoms with van der Waals surface area (Å²) in [7, 11) is 0. The van der Waals surface area contributed by atoms with E-state index in [1.165, 1.54) is 0 Å². The quantitative estimate of drug-likeness (QED) is 0.454. The van der Waals surface area contributed by atoms with Gasteiger partial charge in [-0.1, -0.05) is 23.7 Å². The van der Waals surface area contributed by atoms with Crippen LogP contribution in [0.3, 0.4) is 0 Å². The summed E-state index contributed by atoms with van der Waals surface area (Å²) in [6.07, 6.45) is 3.58. The van der Waals surface area contributed by atoms with Gasteiger partial charge in [0.2, 0.25) is 0 Å². The third-order valence-electron chi connectivity index (χ3n) is 4.92. The summed E-state index contributed by atoms with van der Waals surface area (Å²) < 4.78 is 2.05. The molecule has 0 spiro atoms. The third kappa shape index (κ3) is 3.60. The molecule has 0 aliphatic carbocycles. The minimum Gasteiger partial charge on any atom is -0.322 e. The Bertz CT molecular complexity index is 1220. The number of halogens is 1. The van der Waals surface area contributed by atoms with E-state index in [0.717, 1.165) is 39.7 Å². The number of benzene rings is 2. The Morgan fingerprint density at radius 2 is 1.83 bits per heavy atom. The van der Waals surface area contributed by atoms with Crippen LogP contribution in [-0.2, 0) is 6.54 Å². The minimum absolute atomic E-state index is 0.175. The van der Waals surface area contributed by atoms with Crippen molar-refractivity contribution in [2.75, 3.05) is 11.1 Å². The summed E-state index contributed by atoms with van der Waals surface area (Å²) in [5.41, 5.74) is 5.23. The zero-order valence-electron chi connectivity index (χ0n) is 15.9. The Balaban J connectivity index is 1.52. The molecule has 1 N–H and O–H groups in total. The van der Waals surface area contributed by atoms with Gasteiger partial charge < -0.3 is 5.32 Å². The Hall–Kier alpha value is -3.09. The van der Waals surface area contributed by atoms with Crippen molar-refractivity contribution in [1.82, 2.24) is 14.8 Å². The van der Waals surface area contributed by atoms with Crippen molar-refractivity contribution >= 4 is 35.0 Å². The summed E-state index contributed by atoms with van der Waals surface area (Å²) in [6.45, 7) is 0.884. The fourth-order valence-corrected chi connectivity index (χ4v) is 4.72. The highest BCUT2D eigenvalue weighted by Gasteiger charge is 2.24. The van der Waals surface area contributed by atoms with Gasteiger partial charge in [-0.2, -0.15) is 5.10 Å². The van der Waals surface area contributed by atoms with Gasteiger partial charge in [-0.05, 0) is 54.1 Å². The lowest BCUT2D eigenvalue weighted by Crippen LogP contribution is -2.11. The zero-order valence-corrected chi connectivity index (χ0v) is 17.5. The second-order valence-electron chi connectivity index (χ2n) is 6.88. The predicted molar refractivity (Wildman–Crippen MR) is 121 cm³/mol. The van der Waals surface area contributed by atoms with Crippen molar-refractivity contribution in [2.45, 2.75) is 11.6 Å². The minimum atomic E-state index is -0.175. The second kappa shape index (κ2) is 7.97. The van der Waals surface area contributed by atoms with Gasteiger partial charge in [0.1, 0.15) is 10.7 Å². The summed E-state index contributed by atoms with van der Waals surface area (Å²) in [4.78, 5) is 16.9. The van der Waals surface area contributed by atoms with Crippen LogP contribution in [0, 0.1) is 0 Å². The first kappa shape index (κ1) is 18.9. The van der Waals surface area contributed by atoms with Crippen LogP contribution in [0.4, 0.5) is 5.69 Å². The molecule has 1 aliphatic heterocycles. The molecule has 0 radical (unpaired) electrons. The van der Waals surface area contributed by atoms with Crippen molar-refractivity contribution in [1.29, 1.82) is 0 Å². The molecule has 148 valence electrons. The molecule has 0 unspecified atom stereocenters. The molecule has 1 amide bonds. The smallest absolute Gasteiger partial charge is 0.255 e. The number of anilines is 1. The zero-order chi connectivity index (χ0) is 20.5. The number of fused-ring (bicyclic) bond motifs is 1. The average Bonchev–Trinajstić information content (AvgIpc) is 3.37. The third-order valence-corrected chi connectivity index (χ3v) is 6.24. The van der Waals surface area contributed by atoms with Gasteiger partial charge in [0.05, 0.1) is 6.54 Å². The highest BCUT2D eigenvalue weighted by Crippen LogP contribution is 2.42. The lowest BCUT2D eigenvalue weighted by atomic mass is 10.0. The van der Waals surface area contributed by atoms with E-state index >= 15 is 0 Å². The van der Waals surface area contributed by atoms with Gasteiger partial charge >= 0.3 is 0 Å². The number of hydrogen-bond acceptors (Lipinski definition) is 4. The van der Waals surface area contributed by atoms with Crippen LogP contribution < -0.4 is 5.32 Å². The molecule has 4 aromatic rings. The van der Waals surface area contributed by atoms with Crippen LogP contribution >= 0.6 is 23.4 Å². The normalized spacial score (nSPS) is 12.6. The summed E-state index contributed by atoms with van der Waals surface area (Å²) in [5, 5.41) is 9.56. The van der Waals surface area contributed by atoms with E-state index in [1.807, 2.05) is 42.1 Å². The van der Waals surface area contributed by atoms with E-state index in [-0.39, 0.29) is 5.91 Å². The molecule has 7 heteroatoms. The molecule has 0 bridgehead atoms. The molecule has 1 aliphatic rings. The van der Waals surface area contributed by atoms with E-state index in [1.54, 1.807) is 42.7 Å². The SMILES string of the molecule is O=C(Nc1ccc(Cl)cc1)c1cccc(-c2nn3c(c2-c2ccncc2)SCC3)c1. The average molecular weight is 433 g/mol. The van der Waals surface area contributed by atoms with Gasteiger partial charge in [-0.15, -0.1) is 11.8 Å². The molecule has 0 saturated heterocycles. The fourth-order valence-electron chi connectivity index (χ4n) is 3.50. The molecule has 30 heavy (non-hydrogen) atoms. The van der Waals surface area contributed by atoms with Gasteiger partial charge in [0.15, 0.2) is 0 Å². The van der Waals surface area contributed by atoms with E-state index < -0.39 is 0 Å². The van der Waals surface area contributed by atoms with Crippen molar-refractivity contribution in [3.63, 3.8) is 0 Å². The van der Waals surface area contributed by atoms with E-state index in [4.69, 9.17) is 16.7 Å². The molecule has 0 atom stereocenters. The summed E-state index contributed by atoms with van der Waals surface area (Å²) in [6, 6.07) is 18.6. The number of nitrogens with one attached hydrogen (secondary N) is 1. The van der Waals surface area contributed by atoms with Crippen molar-refractivity contribution in [3.05, 3.63) is 83.6 Å². The number of aromatic nitrogens is 3. The largest absolute Gasteiger partial charge is 0.322 e. The maximum atomic E-state index is 12.8. The number of thioether (sulfide) groups is 1. The predicted octanol–water partition coefficient (Wildman–Crippen LogP) is 5.62. The van der Waals surface area contributed by atoms with Crippen molar-refractivity contribution < 1.29 is 4.79 Å². The van der Waals surface area contributed by atoms with Gasteiger partial charge in [-0.3, -0.25) is 14.5 Å². The van der Waals surface area contributed by atoms with Crippen LogP contribution in [0.5, 0.6) is 0 Å². The number of aryl methyl sites for hydroxylation is 1. The Kier molecular flexibility index (Phi) is 5.02. The Morgan fingerprint density at radius 1 is 1.03 bits per heavy atom. The monoisotopic (exact) mass is 432 g/mol. The van der Waals surface area contributed by atoms with Crippen LogP contribution in [0.25, 0.3) is 22.4 Å². The topological polar surface area (TPSA) is 59.8 Å². The van der Waals surface area contributed by atoms with Crippen LogP contribution in [-0.4, -0.2) is 26.4 Å². The molecule has 0 saturated carbocycles. The summed E-state index contributed by atoms with van der Waals surface area (Å²) >= 11 is 7.73. The molecular formula is C23H17ClN4OS. The van der Waals surface area contributed by atoms with E-state index in [0.29, 0.717) is 16.3 Å². The molecule has 5 nitrogen and oxygen atoms in total. The van der Waals surface area contributed by atoms with E-state index in [2.05, 4.69) is 15.0 Å². The molecule has 5 rings (SSSR count). The fraction of sp³-hybridized carbons (Fsp3) is 0.0870. The Labute approximate surface area is 183 Å². The number of carbonyl (C=O) groups excluding carboxylic acids is 1. The molecule has 3 heterocycles.